The third-order valence-corrected chi connectivity index (χ3v) is 5.55. The van der Waals surface area contributed by atoms with E-state index in [1.54, 1.807) is 23.9 Å². The van der Waals surface area contributed by atoms with Gasteiger partial charge < -0.3 is 19.3 Å². The van der Waals surface area contributed by atoms with Gasteiger partial charge in [-0.1, -0.05) is 24.3 Å². The Labute approximate surface area is 171 Å². The van der Waals surface area contributed by atoms with Crippen molar-refractivity contribution < 1.29 is 9.47 Å². The van der Waals surface area contributed by atoms with Gasteiger partial charge in [0.2, 0.25) is 16.3 Å². The van der Waals surface area contributed by atoms with E-state index in [9.17, 15) is 14.4 Å². The van der Waals surface area contributed by atoms with Gasteiger partial charge in [0.15, 0.2) is 12.5 Å². The molecule has 7 nitrogen and oxygen atoms in total. The number of rotatable bonds is 2. The molecule has 7 heteroatoms. The molecule has 2 aliphatic heterocycles. The highest BCUT2D eigenvalue weighted by Crippen LogP contribution is 2.36. The molecule has 3 aromatic rings. The summed E-state index contributed by atoms with van der Waals surface area (Å²) in [6.07, 6.45) is 1.54. The third-order valence-electron chi connectivity index (χ3n) is 5.55. The molecule has 2 atom stereocenters. The van der Waals surface area contributed by atoms with Crippen molar-refractivity contribution >= 4 is 23.5 Å². The van der Waals surface area contributed by atoms with E-state index in [0.717, 1.165) is 11.4 Å². The SMILES string of the molecule is CN1c2ccccc2OC1C=c1c(=O)c(=O)c(=CC2Oc3ccccc3N2C)c1=O. The Morgan fingerprint density at radius 2 is 1.07 bits per heavy atom. The molecule has 0 spiro atoms. The van der Waals surface area contributed by atoms with Crippen LogP contribution >= 0.6 is 0 Å². The van der Waals surface area contributed by atoms with Gasteiger partial charge in [0.1, 0.15) is 11.5 Å². The van der Waals surface area contributed by atoms with Crippen LogP contribution in [0.2, 0.25) is 0 Å². The number of benzene rings is 2. The maximum atomic E-state index is 12.9. The molecule has 30 heavy (non-hydrogen) atoms. The van der Waals surface area contributed by atoms with Crippen molar-refractivity contribution in [3.05, 3.63) is 89.6 Å². The van der Waals surface area contributed by atoms with Gasteiger partial charge in [-0.3, -0.25) is 14.4 Å². The van der Waals surface area contributed by atoms with Crippen LogP contribution in [0.15, 0.2) is 62.9 Å². The predicted octanol–water partition coefficient (Wildman–Crippen LogP) is -0.0864. The first kappa shape index (κ1) is 18.2. The molecule has 3 aromatic carbocycles. The Bertz CT molecular complexity index is 1310. The summed E-state index contributed by atoms with van der Waals surface area (Å²) < 4.78 is 11.6. The van der Waals surface area contributed by atoms with Crippen molar-refractivity contribution in [2.75, 3.05) is 23.9 Å². The Morgan fingerprint density at radius 1 is 0.667 bits per heavy atom. The minimum atomic E-state index is -0.822. The lowest BCUT2D eigenvalue weighted by Crippen LogP contribution is -2.42. The monoisotopic (exact) mass is 402 g/mol. The molecule has 0 fully saturated rings. The molecule has 0 saturated heterocycles. The van der Waals surface area contributed by atoms with Crippen LogP contribution in [0, 0.1) is 0 Å². The summed E-state index contributed by atoms with van der Waals surface area (Å²) in [6.45, 7) is 0. The van der Waals surface area contributed by atoms with Crippen LogP contribution in [0.3, 0.4) is 0 Å². The zero-order valence-corrected chi connectivity index (χ0v) is 16.4. The minimum Gasteiger partial charge on any atom is -0.465 e. The Morgan fingerprint density at radius 3 is 1.47 bits per heavy atom. The lowest BCUT2D eigenvalue weighted by molar-refractivity contribution is 0.294. The summed E-state index contributed by atoms with van der Waals surface area (Å²) in [7, 11) is 3.60. The normalized spacial score (nSPS) is 20.9. The average Bonchev–Trinajstić information content (AvgIpc) is 3.31. The molecular weight excluding hydrogens is 384 g/mol. The number of hydrogen-bond donors (Lipinski definition) is 0. The molecule has 2 aliphatic rings. The highest BCUT2D eigenvalue weighted by Gasteiger charge is 2.28. The molecule has 0 aliphatic carbocycles. The smallest absolute Gasteiger partial charge is 0.237 e. The van der Waals surface area contributed by atoms with E-state index in [0.29, 0.717) is 11.5 Å². The maximum Gasteiger partial charge on any atom is 0.237 e. The van der Waals surface area contributed by atoms with Gasteiger partial charge >= 0.3 is 0 Å². The first-order valence-electron chi connectivity index (χ1n) is 9.50. The average molecular weight is 402 g/mol. The van der Waals surface area contributed by atoms with E-state index < -0.39 is 28.7 Å². The van der Waals surface area contributed by atoms with E-state index in [1.807, 2.05) is 48.5 Å². The van der Waals surface area contributed by atoms with Crippen LogP contribution in [0.4, 0.5) is 11.4 Å². The maximum absolute atomic E-state index is 12.9. The van der Waals surface area contributed by atoms with E-state index in [1.165, 1.54) is 12.2 Å². The largest absolute Gasteiger partial charge is 0.465 e. The highest BCUT2D eigenvalue weighted by atomic mass is 16.5. The van der Waals surface area contributed by atoms with Gasteiger partial charge in [-0.15, -0.1) is 0 Å². The fourth-order valence-electron chi connectivity index (χ4n) is 3.86. The lowest BCUT2D eigenvalue weighted by Gasteiger charge is -2.16. The molecule has 5 rings (SSSR count). The van der Waals surface area contributed by atoms with Crippen LogP contribution in [0.5, 0.6) is 11.5 Å². The molecule has 2 unspecified atom stereocenters. The lowest BCUT2D eigenvalue weighted by atomic mass is 10.3. The molecule has 0 N–H and O–H groups in total. The van der Waals surface area contributed by atoms with Gasteiger partial charge in [-0.05, 0) is 36.4 Å². The molecular formula is C23H18N2O5. The summed E-state index contributed by atoms with van der Waals surface area (Å²) in [4.78, 5) is 41.7. The number of para-hydroxylation sites is 4. The molecule has 2 heterocycles. The van der Waals surface area contributed by atoms with Gasteiger partial charge in [0.25, 0.3) is 0 Å². The summed E-state index contributed by atoms with van der Waals surface area (Å²) in [5.74, 6) is 1.31. The Kier molecular flexibility index (Phi) is 3.99. The van der Waals surface area contributed by atoms with Crippen LogP contribution in [-0.4, -0.2) is 26.6 Å². The van der Waals surface area contributed by atoms with Gasteiger partial charge in [-0.2, -0.15) is 0 Å². The van der Waals surface area contributed by atoms with E-state index >= 15 is 0 Å². The summed E-state index contributed by atoms with van der Waals surface area (Å²) in [5, 5.41) is -0.344. The van der Waals surface area contributed by atoms with Crippen LogP contribution in [-0.2, 0) is 0 Å². The van der Waals surface area contributed by atoms with Crippen molar-refractivity contribution in [3.8, 4) is 11.5 Å². The Balaban J connectivity index is 1.57. The van der Waals surface area contributed by atoms with Crippen molar-refractivity contribution in [1.29, 1.82) is 0 Å². The fourth-order valence-corrected chi connectivity index (χ4v) is 3.86. The third kappa shape index (κ3) is 2.62. The number of nitrogens with zero attached hydrogens (tertiary/aromatic N) is 2. The van der Waals surface area contributed by atoms with Gasteiger partial charge in [0, 0.05) is 14.1 Å². The highest BCUT2D eigenvalue weighted by molar-refractivity contribution is 5.66. The molecule has 0 aromatic heterocycles. The molecule has 0 amide bonds. The first-order valence-corrected chi connectivity index (χ1v) is 9.50. The van der Waals surface area contributed by atoms with Crippen molar-refractivity contribution in [1.82, 2.24) is 0 Å². The van der Waals surface area contributed by atoms with E-state index in [-0.39, 0.29) is 10.4 Å². The standard InChI is InChI=1S/C23H18N2O5/c1-24-15-7-3-5-9-17(15)29-19(24)11-13-21(26)14(23(28)22(13)27)12-20-25(2)16-8-4-6-10-18(16)30-20/h3-12,19-20H,1-2H3. The van der Waals surface area contributed by atoms with Gasteiger partial charge in [-0.25, -0.2) is 0 Å². The first-order chi connectivity index (χ1) is 14.5. The second-order valence-electron chi connectivity index (χ2n) is 7.32. The summed E-state index contributed by atoms with van der Waals surface area (Å²) in [5.41, 5.74) is -0.559. The van der Waals surface area contributed by atoms with Crippen molar-refractivity contribution in [2.45, 2.75) is 12.5 Å². The molecule has 0 saturated carbocycles. The van der Waals surface area contributed by atoms with Crippen LogP contribution in [0.25, 0.3) is 12.2 Å². The topological polar surface area (TPSA) is 76.2 Å². The summed E-state index contributed by atoms with van der Waals surface area (Å²) in [6, 6.07) is 14.8. The quantitative estimate of drug-likeness (QED) is 0.555. The Hall–Kier alpha value is -3.87. The van der Waals surface area contributed by atoms with E-state index in [2.05, 4.69) is 0 Å². The van der Waals surface area contributed by atoms with E-state index in [4.69, 9.17) is 9.47 Å². The van der Waals surface area contributed by atoms with Crippen molar-refractivity contribution in [2.24, 2.45) is 0 Å². The van der Waals surface area contributed by atoms with Crippen molar-refractivity contribution in [3.63, 3.8) is 0 Å². The second-order valence-corrected chi connectivity index (χ2v) is 7.32. The summed E-state index contributed by atoms with van der Waals surface area (Å²) >= 11 is 0. The molecule has 150 valence electrons. The molecule has 0 bridgehead atoms. The minimum absolute atomic E-state index is 0.172. The van der Waals surface area contributed by atoms with Gasteiger partial charge in [0.05, 0.1) is 21.8 Å². The zero-order chi connectivity index (χ0) is 21.0. The number of anilines is 2. The predicted molar refractivity (Wildman–Crippen MR) is 114 cm³/mol. The number of fused-ring (bicyclic) bond motifs is 2. The number of ether oxygens (including phenoxy) is 2. The molecule has 0 radical (unpaired) electrons. The van der Waals surface area contributed by atoms with Crippen LogP contribution in [0.1, 0.15) is 0 Å². The van der Waals surface area contributed by atoms with Crippen LogP contribution < -0.4 is 46.0 Å². The number of hydrogen-bond acceptors (Lipinski definition) is 7. The fraction of sp³-hybridized carbons (Fsp3) is 0.174. The second kappa shape index (κ2) is 6.59. The zero-order valence-electron chi connectivity index (χ0n) is 16.4.